The van der Waals surface area contributed by atoms with Gasteiger partial charge in [0.15, 0.2) is 0 Å². The largest absolute Gasteiger partial charge is 0.379 e. The molecule has 0 bridgehead atoms. The van der Waals surface area contributed by atoms with Crippen molar-refractivity contribution in [3.63, 3.8) is 0 Å². The predicted molar refractivity (Wildman–Crippen MR) is 41.8 cm³/mol. The number of nitrogens with zero attached hydrogens (tertiary/aromatic N) is 2. The maximum Gasteiger partial charge on any atom is 0.287 e. The molecule has 2 radical (unpaired) electrons. The number of hydrogen-bond donors (Lipinski definition) is 1. The van der Waals surface area contributed by atoms with E-state index in [1.807, 2.05) is 29.2 Å². The van der Waals surface area contributed by atoms with E-state index >= 15 is 0 Å². The summed E-state index contributed by atoms with van der Waals surface area (Å²) in [7, 11) is 7.98. The molecule has 0 amide bonds. The van der Waals surface area contributed by atoms with Gasteiger partial charge in [-0.2, -0.15) is 0 Å². The van der Waals surface area contributed by atoms with Crippen molar-refractivity contribution in [2.75, 3.05) is 14.1 Å². The van der Waals surface area contributed by atoms with Crippen molar-refractivity contribution in [2.45, 2.75) is 6.82 Å². The Kier molecular flexibility index (Phi) is 2.21. The van der Waals surface area contributed by atoms with Crippen LogP contribution in [0.15, 0.2) is 0 Å². The summed E-state index contributed by atoms with van der Waals surface area (Å²) in [6.45, 7) is 2.61. The van der Waals surface area contributed by atoms with Crippen molar-refractivity contribution < 1.29 is 0 Å². The van der Waals surface area contributed by atoms with Crippen LogP contribution >= 0.6 is 0 Å². The Bertz CT molecular complexity index is 90.3. The Morgan fingerprint density at radius 2 is 1.67 bits per heavy atom. The summed E-state index contributed by atoms with van der Waals surface area (Å²) in [5, 5.41) is 3.02. The highest BCUT2D eigenvalue weighted by Gasteiger charge is 2.24. The molecule has 0 aromatic rings. The van der Waals surface area contributed by atoms with E-state index in [0.29, 0.717) is 6.98 Å². The van der Waals surface area contributed by atoms with Crippen LogP contribution in [0.25, 0.3) is 0 Å². The molecule has 1 aliphatic heterocycles. The van der Waals surface area contributed by atoms with Crippen LogP contribution in [0, 0.1) is 0 Å². The molecule has 0 aromatic carbocycles. The summed E-state index contributed by atoms with van der Waals surface area (Å²) in [5.74, 6) is 0. The van der Waals surface area contributed by atoms with Gasteiger partial charge in [-0.1, -0.05) is 6.82 Å². The maximum absolute atomic E-state index is 3.02. The van der Waals surface area contributed by atoms with Gasteiger partial charge in [0, 0.05) is 0 Å². The molecule has 0 atom stereocenters. The molecule has 1 heterocycles. The lowest BCUT2D eigenvalue weighted by molar-refractivity contribution is 0.662. The highest BCUT2D eigenvalue weighted by atomic mass is 15.2. The highest BCUT2D eigenvalue weighted by molar-refractivity contribution is 6.73. The van der Waals surface area contributed by atoms with Gasteiger partial charge < -0.3 is 14.6 Å². The fourth-order valence-corrected chi connectivity index (χ4v) is 0.772. The highest BCUT2D eigenvalue weighted by Crippen LogP contribution is 1.94. The van der Waals surface area contributed by atoms with E-state index in [-0.39, 0.29) is 0 Å². The third-order valence-electron chi connectivity index (χ3n) is 1.74. The molecular weight excluding hydrogens is 110 g/mol. The van der Waals surface area contributed by atoms with Crippen LogP contribution in [0.1, 0.15) is 0 Å². The van der Waals surface area contributed by atoms with Gasteiger partial charge in [0.05, 0.1) is 0 Å². The Morgan fingerprint density at radius 1 is 1.22 bits per heavy atom. The van der Waals surface area contributed by atoms with Gasteiger partial charge in [-0.3, -0.25) is 0 Å². The molecule has 1 saturated heterocycles. The summed E-state index contributed by atoms with van der Waals surface area (Å²) in [6.07, 6.45) is 0. The lowest BCUT2D eigenvalue weighted by Crippen LogP contribution is -2.62. The van der Waals surface area contributed by atoms with Crippen LogP contribution in [0.4, 0.5) is 0 Å². The summed E-state index contributed by atoms with van der Waals surface area (Å²) in [4.78, 5) is 0. The molecule has 1 N–H and O–H groups in total. The van der Waals surface area contributed by atoms with Gasteiger partial charge in [0.2, 0.25) is 0 Å². The molecular formula is C3H10B3N3. The molecule has 1 aliphatic rings. The summed E-state index contributed by atoms with van der Waals surface area (Å²) in [6, 6.07) is 0. The molecule has 46 valence electrons. The van der Waals surface area contributed by atoms with E-state index in [2.05, 4.69) is 21.4 Å². The standard InChI is InChI=1S/C3H10B3N3/c1-6-8(2)4-7-5-9(6)3/h7H,1-3H3. The first-order valence-electron chi connectivity index (χ1n) is 3.08. The summed E-state index contributed by atoms with van der Waals surface area (Å²) < 4.78 is 4.22. The van der Waals surface area contributed by atoms with Crippen LogP contribution < -0.4 is 5.14 Å². The zero-order valence-corrected chi connectivity index (χ0v) is 6.13. The topological polar surface area (TPSA) is 18.5 Å². The van der Waals surface area contributed by atoms with Crippen molar-refractivity contribution in [2.24, 2.45) is 0 Å². The van der Waals surface area contributed by atoms with Crippen LogP contribution in [0.3, 0.4) is 0 Å². The number of nitrogens with one attached hydrogen (secondary N) is 1. The molecule has 9 heavy (non-hydrogen) atoms. The first-order valence-corrected chi connectivity index (χ1v) is 3.08. The van der Waals surface area contributed by atoms with Gasteiger partial charge in [-0.25, -0.2) is 0 Å². The molecule has 1 fully saturated rings. The maximum atomic E-state index is 3.02. The molecule has 6 heteroatoms. The number of rotatable bonds is 0. The van der Waals surface area contributed by atoms with E-state index in [4.69, 9.17) is 0 Å². The second-order valence-corrected chi connectivity index (χ2v) is 2.39. The molecule has 0 aromatic heterocycles. The van der Waals surface area contributed by atoms with Crippen molar-refractivity contribution in [1.82, 2.24) is 14.6 Å². The average Bonchev–Trinajstić information content (AvgIpc) is 1.83. The Morgan fingerprint density at radius 3 is 2.00 bits per heavy atom. The Balaban J connectivity index is 2.41. The van der Waals surface area contributed by atoms with Crippen LogP contribution in [-0.2, 0) is 0 Å². The van der Waals surface area contributed by atoms with Crippen molar-refractivity contribution in [3.8, 4) is 0 Å². The zero-order valence-electron chi connectivity index (χ0n) is 6.13. The second kappa shape index (κ2) is 2.77. The van der Waals surface area contributed by atoms with E-state index in [0.717, 1.165) is 0 Å². The summed E-state index contributed by atoms with van der Waals surface area (Å²) >= 11 is 0. The van der Waals surface area contributed by atoms with Gasteiger partial charge in [0.25, 0.3) is 22.1 Å². The van der Waals surface area contributed by atoms with Crippen molar-refractivity contribution in [1.29, 1.82) is 0 Å². The lowest BCUT2D eigenvalue weighted by Gasteiger charge is -2.34. The summed E-state index contributed by atoms with van der Waals surface area (Å²) in [5.41, 5.74) is 0. The van der Waals surface area contributed by atoms with Gasteiger partial charge in [-0.05, 0) is 14.1 Å². The molecule has 0 unspecified atom stereocenters. The first-order chi connectivity index (χ1) is 4.22. The third-order valence-corrected chi connectivity index (χ3v) is 1.74. The minimum atomic E-state index is 0.464. The SMILES string of the molecule is CB1N(C)[B]N[B]N1C. The molecule has 3 nitrogen and oxygen atoms in total. The number of hydrogen-bond acceptors (Lipinski definition) is 3. The van der Waals surface area contributed by atoms with E-state index in [1.54, 1.807) is 0 Å². The predicted octanol–water partition coefficient (Wildman–Crippen LogP) is -1.36. The molecule has 0 spiro atoms. The normalized spacial score (nSPS) is 23.2. The van der Waals surface area contributed by atoms with Gasteiger partial charge in [-0.15, -0.1) is 0 Å². The Hall–Kier alpha value is 0.0748. The molecule has 0 saturated carbocycles. The minimum Gasteiger partial charge on any atom is -0.379 e. The fraction of sp³-hybridized carbons (Fsp3) is 1.00. The average molecular weight is 121 g/mol. The first kappa shape index (κ1) is 7.19. The minimum absolute atomic E-state index is 0.464. The van der Waals surface area contributed by atoms with E-state index < -0.39 is 0 Å². The van der Waals surface area contributed by atoms with Gasteiger partial charge >= 0.3 is 0 Å². The Labute approximate surface area is 58.5 Å². The molecule has 0 aliphatic carbocycles. The lowest BCUT2D eigenvalue weighted by atomic mass is 9.62. The fourth-order valence-electron chi connectivity index (χ4n) is 0.772. The van der Waals surface area contributed by atoms with Crippen molar-refractivity contribution >= 4 is 22.1 Å². The zero-order chi connectivity index (χ0) is 6.85. The van der Waals surface area contributed by atoms with Crippen LogP contribution in [-0.4, -0.2) is 45.6 Å². The molecule has 1 rings (SSSR count). The third kappa shape index (κ3) is 1.50. The quantitative estimate of drug-likeness (QED) is 0.399. The van der Waals surface area contributed by atoms with E-state index in [1.165, 1.54) is 0 Å². The van der Waals surface area contributed by atoms with Crippen molar-refractivity contribution in [3.05, 3.63) is 0 Å². The smallest absolute Gasteiger partial charge is 0.287 e. The van der Waals surface area contributed by atoms with Crippen LogP contribution in [0.5, 0.6) is 0 Å². The second-order valence-electron chi connectivity index (χ2n) is 2.39. The van der Waals surface area contributed by atoms with Gasteiger partial charge in [0.1, 0.15) is 0 Å². The van der Waals surface area contributed by atoms with E-state index in [9.17, 15) is 0 Å². The van der Waals surface area contributed by atoms with Crippen LogP contribution in [0.2, 0.25) is 6.82 Å². The monoisotopic (exact) mass is 121 g/mol.